The molecule has 0 aliphatic rings. The zero-order valence-corrected chi connectivity index (χ0v) is 11.6. The molecule has 1 aromatic rings. The molecule has 5 nitrogen and oxygen atoms in total. The first kappa shape index (κ1) is 18.9. The fourth-order valence-electron chi connectivity index (χ4n) is 0.867. The second-order valence-electron chi connectivity index (χ2n) is 3.00. The van der Waals surface area contributed by atoms with Crippen molar-refractivity contribution >= 4 is 17.2 Å². The minimum atomic E-state index is -0.859. The number of aliphatic hydroxyl groups excluding tert-OH is 2. The standard InChI is InChI=1S/C8H12N2O3S.C2H6.C2H2/c1-4(11)6(12)2-7-10-5(3-14-7)8(9)13;2*1-2/h3-4,6,11-12H,2H2,1H3,(H2,9,13);1-2H3;1-2H/t4-,6?;;/m1../s1. The minimum absolute atomic E-state index is 0.197. The summed E-state index contributed by atoms with van der Waals surface area (Å²) >= 11 is 1.24. The highest BCUT2D eigenvalue weighted by molar-refractivity contribution is 7.09. The molecule has 0 spiro atoms. The Morgan fingerprint density at radius 2 is 2.00 bits per heavy atom. The van der Waals surface area contributed by atoms with Crippen LogP contribution in [0.3, 0.4) is 0 Å². The molecule has 1 heterocycles. The summed E-state index contributed by atoms with van der Waals surface area (Å²) in [6, 6.07) is 0. The van der Waals surface area contributed by atoms with E-state index in [1.165, 1.54) is 23.6 Å². The molecule has 4 N–H and O–H groups in total. The Labute approximate surface area is 112 Å². The van der Waals surface area contributed by atoms with Gasteiger partial charge in [-0.2, -0.15) is 0 Å². The van der Waals surface area contributed by atoms with E-state index in [1.807, 2.05) is 13.8 Å². The smallest absolute Gasteiger partial charge is 0.268 e. The molecular weight excluding hydrogens is 252 g/mol. The van der Waals surface area contributed by atoms with E-state index in [1.54, 1.807) is 0 Å². The predicted molar refractivity (Wildman–Crippen MR) is 73.3 cm³/mol. The van der Waals surface area contributed by atoms with Crippen LogP contribution in [-0.2, 0) is 6.42 Å². The third kappa shape index (κ3) is 7.01. The van der Waals surface area contributed by atoms with E-state index in [9.17, 15) is 9.90 Å². The van der Waals surface area contributed by atoms with Gasteiger partial charge in [0.05, 0.1) is 17.2 Å². The first-order chi connectivity index (χ1) is 8.50. The van der Waals surface area contributed by atoms with Gasteiger partial charge in [-0.15, -0.1) is 24.2 Å². The largest absolute Gasteiger partial charge is 0.391 e. The van der Waals surface area contributed by atoms with Crippen LogP contribution < -0.4 is 5.73 Å². The molecular formula is C12H20N2O3S. The number of primary amides is 1. The van der Waals surface area contributed by atoms with Crippen LogP contribution in [0.1, 0.15) is 36.3 Å². The Balaban J connectivity index is 0. The Morgan fingerprint density at radius 3 is 2.33 bits per heavy atom. The molecule has 0 saturated heterocycles. The van der Waals surface area contributed by atoms with Gasteiger partial charge in [-0.25, -0.2) is 4.98 Å². The quantitative estimate of drug-likeness (QED) is 0.706. The number of aromatic nitrogens is 1. The lowest BCUT2D eigenvalue weighted by Gasteiger charge is -2.10. The van der Waals surface area contributed by atoms with Gasteiger partial charge in [0, 0.05) is 11.8 Å². The summed E-state index contributed by atoms with van der Waals surface area (Å²) in [5, 5.41) is 20.5. The lowest BCUT2D eigenvalue weighted by molar-refractivity contribution is 0.0319. The molecule has 0 saturated carbocycles. The van der Waals surface area contributed by atoms with E-state index in [2.05, 4.69) is 17.8 Å². The lowest BCUT2D eigenvalue weighted by atomic mass is 10.2. The molecule has 1 rings (SSSR count). The second kappa shape index (κ2) is 10.7. The Morgan fingerprint density at radius 1 is 1.50 bits per heavy atom. The van der Waals surface area contributed by atoms with Gasteiger partial charge in [0.15, 0.2) is 0 Å². The SMILES string of the molecule is C#C.CC.C[C@@H](O)C(O)Cc1nc(C(N)=O)cs1. The number of aliphatic hydroxyl groups is 2. The summed E-state index contributed by atoms with van der Waals surface area (Å²) in [6.07, 6.45) is 6.56. The molecule has 0 fully saturated rings. The molecule has 1 unspecified atom stereocenters. The van der Waals surface area contributed by atoms with E-state index in [4.69, 9.17) is 10.8 Å². The van der Waals surface area contributed by atoms with Crippen LogP contribution in [0.25, 0.3) is 0 Å². The molecule has 1 aromatic heterocycles. The number of rotatable bonds is 4. The van der Waals surface area contributed by atoms with Gasteiger partial charge in [0.25, 0.3) is 5.91 Å². The fourth-order valence-corrected chi connectivity index (χ4v) is 1.70. The van der Waals surface area contributed by atoms with Crippen LogP contribution >= 0.6 is 11.3 Å². The highest BCUT2D eigenvalue weighted by atomic mass is 32.1. The van der Waals surface area contributed by atoms with Crippen molar-refractivity contribution in [3.05, 3.63) is 16.1 Å². The number of nitrogens with two attached hydrogens (primary N) is 1. The summed E-state index contributed by atoms with van der Waals surface area (Å²) in [7, 11) is 0. The van der Waals surface area contributed by atoms with Crippen molar-refractivity contribution in [2.75, 3.05) is 0 Å². The molecule has 0 aliphatic heterocycles. The highest BCUT2D eigenvalue weighted by Gasteiger charge is 2.15. The number of hydrogen-bond donors (Lipinski definition) is 3. The van der Waals surface area contributed by atoms with Crippen LogP contribution in [-0.4, -0.2) is 33.3 Å². The average molecular weight is 272 g/mol. The number of carbonyl (C=O) groups excluding carboxylic acids is 1. The van der Waals surface area contributed by atoms with Gasteiger partial charge in [-0.05, 0) is 6.92 Å². The molecule has 102 valence electrons. The van der Waals surface area contributed by atoms with Gasteiger partial charge in [0.1, 0.15) is 5.69 Å². The van der Waals surface area contributed by atoms with Gasteiger partial charge in [0.2, 0.25) is 0 Å². The van der Waals surface area contributed by atoms with Crippen LogP contribution in [0.2, 0.25) is 0 Å². The monoisotopic (exact) mass is 272 g/mol. The predicted octanol–water partition coefficient (Wildman–Crippen LogP) is 0.802. The van der Waals surface area contributed by atoms with Crippen molar-refractivity contribution in [2.45, 2.75) is 39.4 Å². The third-order valence-electron chi connectivity index (χ3n) is 1.74. The van der Waals surface area contributed by atoms with Crippen molar-refractivity contribution in [1.82, 2.24) is 4.98 Å². The molecule has 0 bridgehead atoms. The topological polar surface area (TPSA) is 96.4 Å². The van der Waals surface area contributed by atoms with Crippen molar-refractivity contribution < 1.29 is 15.0 Å². The second-order valence-corrected chi connectivity index (χ2v) is 3.95. The van der Waals surface area contributed by atoms with E-state index >= 15 is 0 Å². The van der Waals surface area contributed by atoms with Crippen molar-refractivity contribution in [3.63, 3.8) is 0 Å². The summed E-state index contributed by atoms with van der Waals surface area (Å²) in [5.41, 5.74) is 5.21. The molecule has 18 heavy (non-hydrogen) atoms. The maximum Gasteiger partial charge on any atom is 0.268 e. The summed E-state index contributed by atoms with van der Waals surface area (Å²) in [6.45, 7) is 5.49. The van der Waals surface area contributed by atoms with Crippen LogP contribution in [0.15, 0.2) is 5.38 Å². The summed E-state index contributed by atoms with van der Waals surface area (Å²) < 4.78 is 0. The Bertz CT molecular complexity index is 361. The maximum absolute atomic E-state index is 10.7. The summed E-state index contributed by atoms with van der Waals surface area (Å²) in [4.78, 5) is 14.6. The first-order valence-electron chi connectivity index (χ1n) is 5.44. The molecule has 2 atom stereocenters. The zero-order chi connectivity index (χ0) is 14.7. The fraction of sp³-hybridized carbons (Fsp3) is 0.500. The number of carbonyl (C=O) groups is 1. The van der Waals surface area contributed by atoms with E-state index in [0.717, 1.165) is 0 Å². The zero-order valence-electron chi connectivity index (χ0n) is 10.8. The van der Waals surface area contributed by atoms with Crippen molar-refractivity contribution in [3.8, 4) is 12.8 Å². The van der Waals surface area contributed by atoms with E-state index < -0.39 is 18.1 Å². The Kier molecular flexibility index (Phi) is 11.3. The van der Waals surface area contributed by atoms with Gasteiger partial charge in [-0.3, -0.25) is 4.79 Å². The minimum Gasteiger partial charge on any atom is -0.391 e. The van der Waals surface area contributed by atoms with Crippen molar-refractivity contribution in [1.29, 1.82) is 0 Å². The van der Waals surface area contributed by atoms with Crippen LogP contribution in [0.4, 0.5) is 0 Å². The molecule has 0 aromatic carbocycles. The third-order valence-corrected chi connectivity index (χ3v) is 2.62. The van der Waals surface area contributed by atoms with E-state index in [-0.39, 0.29) is 12.1 Å². The molecule has 1 amide bonds. The molecule has 0 aliphatic carbocycles. The van der Waals surface area contributed by atoms with Gasteiger partial charge >= 0.3 is 0 Å². The molecule has 6 heteroatoms. The van der Waals surface area contributed by atoms with E-state index in [0.29, 0.717) is 5.01 Å². The number of thiazole rings is 1. The van der Waals surface area contributed by atoms with Crippen molar-refractivity contribution in [2.24, 2.45) is 5.73 Å². The first-order valence-corrected chi connectivity index (χ1v) is 6.32. The van der Waals surface area contributed by atoms with Gasteiger partial charge in [-0.1, -0.05) is 13.8 Å². The maximum atomic E-state index is 10.7. The number of terminal acetylenes is 1. The Hall–Kier alpha value is -1.42. The average Bonchev–Trinajstić information content (AvgIpc) is 2.83. The lowest BCUT2D eigenvalue weighted by Crippen LogP contribution is -2.24. The summed E-state index contributed by atoms with van der Waals surface area (Å²) in [5.74, 6) is -0.584. The normalized spacial score (nSPS) is 12.2. The molecule has 0 radical (unpaired) electrons. The van der Waals surface area contributed by atoms with Crippen LogP contribution in [0.5, 0.6) is 0 Å². The van der Waals surface area contributed by atoms with Crippen LogP contribution in [0, 0.1) is 12.8 Å². The van der Waals surface area contributed by atoms with Gasteiger partial charge < -0.3 is 15.9 Å². The number of amides is 1. The number of hydrogen-bond acceptors (Lipinski definition) is 5. The highest BCUT2D eigenvalue weighted by Crippen LogP contribution is 2.12. The number of nitrogens with zero attached hydrogens (tertiary/aromatic N) is 1.